The molecule has 55 heavy (non-hydrogen) atoms. The van der Waals surface area contributed by atoms with Crippen molar-refractivity contribution < 1.29 is 0 Å². The number of rotatable bonds is 10. The lowest BCUT2D eigenvalue weighted by Gasteiger charge is -2.29. The van der Waals surface area contributed by atoms with Crippen molar-refractivity contribution in [1.29, 1.82) is 0 Å². The average molecular weight is 710 g/mol. The molecule has 0 saturated carbocycles. The Hall–Kier alpha value is -6.44. The Kier molecular flexibility index (Phi) is 10.5. The molecule has 0 N–H and O–H groups in total. The van der Waals surface area contributed by atoms with Crippen molar-refractivity contribution in [2.24, 2.45) is 0 Å². The number of hydrogen-bond donors (Lipinski definition) is 0. The minimum atomic E-state index is 1.00. The monoisotopic (exact) mass is 709 g/mol. The third-order valence-electron chi connectivity index (χ3n) is 10.8. The van der Waals surface area contributed by atoms with Gasteiger partial charge in [0.2, 0.25) is 0 Å². The van der Waals surface area contributed by atoms with E-state index in [4.69, 9.17) is 0 Å². The van der Waals surface area contributed by atoms with E-state index in [2.05, 4.69) is 207 Å². The molecule has 0 spiro atoms. The Bertz CT molecular complexity index is 2600. The van der Waals surface area contributed by atoms with Crippen molar-refractivity contribution in [2.45, 2.75) is 39.5 Å². The summed E-state index contributed by atoms with van der Waals surface area (Å²) >= 11 is 0. The van der Waals surface area contributed by atoms with E-state index in [1.165, 1.54) is 71.8 Å². The van der Waals surface area contributed by atoms with Gasteiger partial charge in [-0.1, -0.05) is 164 Å². The number of benzene rings is 6. The lowest BCUT2D eigenvalue weighted by Crippen LogP contribution is -2.11. The molecule has 0 heterocycles. The molecule has 0 fully saturated rings. The van der Waals surface area contributed by atoms with Crippen LogP contribution < -0.4 is 4.90 Å². The number of fused-ring (bicyclic) bond motifs is 3. The molecular formula is C54H47N. The first-order valence-corrected chi connectivity index (χ1v) is 19.6. The van der Waals surface area contributed by atoms with E-state index < -0.39 is 0 Å². The molecule has 0 atom stereocenters. The third-order valence-corrected chi connectivity index (χ3v) is 10.8. The van der Waals surface area contributed by atoms with Gasteiger partial charge in [0.25, 0.3) is 0 Å². The molecule has 0 aromatic heterocycles. The van der Waals surface area contributed by atoms with Gasteiger partial charge in [0.1, 0.15) is 0 Å². The summed E-state index contributed by atoms with van der Waals surface area (Å²) in [6.45, 7) is 8.15. The van der Waals surface area contributed by atoms with Crippen molar-refractivity contribution in [1.82, 2.24) is 0 Å². The highest BCUT2D eigenvalue weighted by atomic mass is 15.1. The zero-order chi connectivity index (χ0) is 37.6. The minimum absolute atomic E-state index is 1.00. The molecule has 2 aliphatic carbocycles. The topological polar surface area (TPSA) is 3.24 Å². The van der Waals surface area contributed by atoms with Gasteiger partial charge in [0, 0.05) is 16.8 Å². The predicted octanol–water partition coefficient (Wildman–Crippen LogP) is 15.7. The summed E-state index contributed by atoms with van der Waals surface area (Å²) in [6, 6.07) is 45.2. The van der Waals surface area contributed by atoms with Crippen molar-refractivity contribution in [3.05, 3.63) is 217 Å². The molecule has 0 unspecified atom stereocenters. The van der Waals surface area contributed by atoms with Gasteiger partial charge < -0.3 is 4.90 Å². The zero-order valence-corrected chi connectivity index (χ0v) is 31.9. The molecule has 6 aromatic carbocycles. The fourth-order valence-electron chi connectivity index (χ4n) is 8.12. The zero-order valence-electron chi connectivity index (χ0n) is 31.9. The van der Waals surface area contributed by atoms with Crippen LogP contribution in [0.1, 0.15) is 56.2 Å². The molecule has 1 nitrogen and oxygen atoms in total. The van der Waals surface area contributed by atoms with E-state index in [0.717, 1.165) is 42.6 Å². The highest BCUT2D eigenvalue weighted by Gasteiger charge is 2.21. The minimum Gasteiger partial charge on any atom is -0.310 e. The van der Waals surface area contributed by atoms with Crippen molar-refractivity contribution in [3.63, 3.8) is 0 Å². The number of nitrogens with zero attached hydrogens (tertiary/aromatic N) is 1. The Morgan fingerprint density at radius 1 is 0.673 bits per heavy atom. The molecule has 0 saturated heterocycles. The molecule has 0 aliphatic heterocycles. The summed E-state index contributed by atoms with van der Waals surface area (Å²) in [5.41, 5.74) is 14.6. The van der Waals surface area contributed by atoms with Crippen LogP contribution in [0, 0.1) is 0 Å². The quantitative estimate of drug-likeness (QED) is 0.101. The van der Waals surface area contributed by atoms with Gasteiger partial charge in [0.15, 0.2) is 0 Å². The molecule has 6 aromatic rings. The summed E-state index contributed by atoms with van der Waals surface area (Å²) in [7, 11) is 0. The van der Waals surface area contributed by atoms with Gasteiger partial charge in [-0.3, -0.25) is 0 Å². The molecule has 0 radical (unpaired) electrons. The number of anilines is 3. The molecule has 1 heteroatoms. The van der Waals surface area contributed by atoms with E-state index in [1.807, 2.05) is 6.08 Å². The lowest BCUT2D eigenvalue weighted by molar-refractivity contribution is 1.04. The number of allylic oxidation sites excluding steroid dienone is 15. The lowest BCUT2D eigenvalue weighted by atomic mass is 9.88. The largest absolute Gasteiger partial charge is 0.310 e. The summed E-state index contributed by atoms with van der Waals surface area (Å²) in [5.74, 6) is 0. The first-order valence-electron chi connectivity index (χ1n) is 19.6. The van der Waals surface area contributed by atoms with Gasteiger partial charge in [0.05, 0.1) is 5.69 Å². The third kappa shape index (κ3) is 7.27. The van der Waals surface area contributed by atoms with E-state index in [0.29, 0.717) is 0 Å². The number of hydrogen-bond acceptors (Lipinski definition) is 1. The van der Waals surface area contributed by atoms with E-state index >= 15 is 0 Å². The fraction of sp³-hybridized carbons (Fsp3) is 0.111. The van der Waals surface area contributed by atoms with E-state index in [-0.39, 0.29) is 0 Å². The predicted molar refractivity (Wildman–Crippen MR) is 241 cm³/mol. The van der Waals surface area contributed by atoms with Crippen LogP contribution >= 0.6 is 0 Å². The maximum atomic E-state index is 4.01. The maximum Gasteiger partial charge on any atom is 0.0546 e. The summed E-state index contributed by atoms with van der Waals surface area (Å²) in [4.78, 5) is 2.46. The first-order chi connectivity index (χ1) is 27.2. The Morgan fingerprint density at radius 3 is 2.13 bits per heavy atom. The molecule has 0 amide bonds. The Morgan fingerprint density at radius 2 is 1.42 bits per heavy atom. The normalized spacial score (nSPS) is 14.7. The molecule has 2 aliphatic rings. The molecule has 268 valence electrons. The van der Waals surface area contributed by atoms with Crippen LogP contribution in [-0.4, -0.2) is 0 Å². The second-order valence-corrected chi connectivity index (χ2v) is 14.2. The van der Waals surface area contributed by atoms with Crippen LogP contribution in [0.4, 0.5) is 17.1 Å². The van der Waals surface area contributed by atoms with Crippen LogP contribution in [0.25, 0.3) is 49.4 Å². The summed E-state index contributed by atoms with van der Waals surface area (Å²) in [6.07, 6.45) is 28.3. The van der Waals surface area contributed by atoms with Crippen LogP contribution in [0.15, 0.2) is 200 Å². The Balaban J connectivity index is 1.30. The van der Waals surface area contributed by atoms with E-state index in [9.17, 15) is 0 Å². The average Bonchev–Trinajstić information content (AvgIpc) is 3.26. The standard InChI is InChI=1S/C54H47N/c1-4-17-39(6-3)48(18-5-2)43-27-29-44(30-28-43)50-36-35-47(38-53(50)42-21-11-8-12-22-42)55(46-33-31-41(32-34-46)40-19-9-7-10-20-40)54-37-45-23-13-14-24-49(45)51-25-15-16-26-52(51)54/h4-6,8-9,11,13-21,23-38H,2,7,10,12,22H2,1,3H3/b17-4-,39-6+,48-18+. The summed E-state index contributed by atoms with van der Waals surface area (Å²) < 4.78 is 0. The van der Waals surface area contributed by atoms with Crippen LogP contribution in [0.3, 0.4) is 0 Å². The van der Waals surface area contributed by atoms with Crippen molar-refractivity contribution in [3.8, 4) is 11.1 Å². The van der Waals surface area contributed by atoms with Crippen LogP contribution in [-0.2, 0) is 0 Å². The fourth-order valence-corrected chi connectivity index (χ4v) is 8.12. The Labute approximate surface area is 326 Å². The van der Waals surface area contributed by atoms with Gasteiger partial charge in [-0.25, -0.2) is 0 Å². The molecule has 8 rings (SSSR count). The second-order valence-electron chi connectivity index (χ2n) is 14.2. The molecular weight excluding hydrogens is 663 g/mol. The van der Waals surface area contributed by atoms with Gasteiger partial charge in [-0.2, -0.15) is 0 Å². The highest BCUT2D eigenvalue weighted by molar-refractivity contribution is 6.14. The maximum absolute atomic E-state index is 4.01. The van der Waals surface area contributed by atoms with E-state index in [1.54, 1.807) is 0 Å². The summed E-state index contributed by atoms with van der Waals surface area (Å²) in [5, 5.41) is 4.98. The van der Waals surface area contributed by atoms with Crippen molar-refractivity contribution >= 4 is 55.3 Å². The highest BCUT2D eigenvalue weighted by Crippen LogP contribution is 2.45. The smallest absolute Gasteiger partial charge is 0.0546 e. The second kappa shape index (κ2) is 16.3. The van der Waals surface area contributed by atoms with Crippen LogP contribution in [0.5, 0.6) is 0 Å². The van der Waals surface area contributed by atoms with Gasteiger partial charge in [-0.15, -0.1) is 0 Å². The molecule has 0 bridgehead atoms. The van der Waals surface area contributed by atoms with Gasteiger partial charge >= 0.3 is 0 Å². The van der Waals surface area contributed by atoms with Crippen LogP contribution in [0.2, 0.25) is 0 Å². The first kappa shape index (κ1) is 35.6. The van der Waals surface area contributed by atoms with Gasteiger partial charge in [-0.05, 0) is 136 Å². The SMILES string of the molecule is C=C\C=C(C(/C=C\C)=C/C)\c1ccc(-c2ccc(N(c3ccc(C4=CCCC=C4)cc3)c3cc4ccccc4c4ccccc34)cc2C2=CC=CCC2)cc1. The van der Waals surface area contributed by atoms with Crippen molar-refractivity contribution in [2.75, 3.05) is 4.90 Å².